The third-order valence-corrected chi connectivity index (χ3v) is 4.05. The van der Waals surface area contributed by atoms with Gasteiger partial charge in [0, 0.05) is 11.5 Å². The van der Waals surface area contributed by atoms with Crippen LogP contribution >= 0.6 is 24.0 Å². The standard InChI is InChI=1S/C16H23F2N3O.HI/c1-9(2)22-14-8-13(16(14,3)4)21-15(19)20-12-7-10(17)5-6-11(12)18;/h5-7,9,13-14H,8H2,1-4H3,(H3,19,20,21);1H. The lowest BCUT2D eigenvalue weighted by atomic mass is 9.64. The number of ether oxygens (including phenoxy) is 1. The molecule has 0 spiro atoms. The van der Waals surface area contributed by atoms with E-state index < -0.39 is 11.6 Å². The number of hydrogen-bond donors (Lipinski definition) is 2. The maximum atomic E-state index is 13.6. The van der Waals surface area contributed by atoms with E-state index in [9.17, 15) is 8.78 Å². The highest BCUT2D eigenvalue weighted by atomic mass is 127. The Hall–Kier alpha value is -0.960. The second-order valence-electron chi connectivity index (χ2n) is 6.51. The van der Waals surface area contributed by atoms with E-state index >= 15 is 0 Å². The molecule has 1 aromatic carbocycles. The summed E-state index contributed by atoms with van der Waals surface area (Å²) < 4.78 is 32.5. The minimum atomic E-state index is -0.576. The molecule has 1 saturated carbocycles. The highest BCUT2D eigenvalue weighted by Gasteiger charge is 2.49. The molecule has 0 amide bonds. The highest BCUT2D eigenvalue weighted by molar-refractivity contribution is 14.0. The zero-order valence-electron chi connectivity index (χ0n) is 13.8. The minimum Gasteiger partial charge on any atom is -0.375 e. The highest BCUT2D eigenvalue weighted by Crippen LogP contribution is 2.45. The SMILES string of the molecule is CC(C)OC1CC(N=C(N)Nc2cc(F)ccc2F)C1(C)C.I. The van der Waals surface area contributed by atoms with Crippen LogP contribution in [0.15, 0.2) is 23.2 Å². The first-order valence-corrected chi connectivity index (χ1v) is 7.41. The fraction of sp³-hybridized carbons (Fsp3) is 0.562. The Morgan fingerprint density at radius 2 is 2.04 bits per heavy atom. The summed E-state index contributed by atoms with van der Waals surface area (Å²) in [4.78, 5) is 4.37. The molecular formula is C16H24F2IN3O. The van der Waals surface area contributed by atoms with Crippen molar-refractivity contribution in [3.8, 4) is 0 Å². The molecule has 0 aliphatic heterocycles. The van der Waals surface area contributed by atoms with Crippen molar-refractivity contribution in [2.45, 2.75) is 52.4 Å². The Morgan fingerprint density at radius 3 is 2.61 bits per heavy atom. The molecule has 1 fully saturated rings. The van der Waals surface area contributed by atoms with Crippen molar-refractivity contribution in [3.63, 3.8) is 0 Å². The van der Waals surface area contributed by atoms with E-state index in [1.165, 1.54) is 0 Å². The smallest absolute Gasteiger partial charge is 0.193 e. The van der Waals surface area contributed by atoms with Crippen LogP contribution in [0.2, 0.25) is 0 Å². The topological polar surface area (TPSA) is 59.6 Å². The predicted molar refractivity (Wildman–Crippen MR) is 99.2 cm³/mol. The van der Waals surface area contributed by atoms with Gasteiger partial charge in [-0.2, -0.15) is 0 Å². The normalized spacial score (nSPS) is 23.2. The summed E-state index contributed by atoms with van der Waals surface area (Å²) in [7, 11) is 0. The van der Waals surface area contributed by atoms with Crippen LogP contribution in [0.1, 0.15) is 34.1 Å². The molecule has 130 valence electrons. The largest absolute Gasteiger partial charge is 0.375 e. The Bertz CT molecular complexity index is 578. The molecule has 2 unspecified atom stereocenters. The Labute approximate surface area is 152 Å². The Morgan fingerprint density at radius 1 is 1.39 bits per heavy atom. The number of halogens is 3. The van der Waals surface area contributed by atoms with E-state index in [2.05, 4.69) is 24.2 Å². The van der Waals surface area contributed by atoms with Crippen molar-refractivity contribution in [2.75, 3.05) is 5.32 Å². The van der Waals surface area contributed by atoms with Gasteiger partial charge in [-0.15, -0.1) is 24.0 Å². The van der Waals surface area contributed by atoms with Gasteiger partial charge in [0.1, 0.15) is 11.6 Å². The molecule has 7 heteroatoms. The first-order chi connectivity index (χ1) is 10.2. The zero-order valence-corrected chi connectivity index (χ0v) is 16.1. The van der Waals surface area contributed by atoms with Crippen molar-refractivity contribution < 1.29 is 13.5 Å². The van der Waals surface area contributed by atoms with Gasteiger partial charge < -0.3 is 15.8 Å². The molecule has 0 heterocycles. The van der Waals surface area contributed by atoms with Crippen molar-refractivity contribution >= 4 is 35.6 Å². The summed E-state index contributed by atoms with van der Waals surface area (Å²) in [6.45, 7) is 8.12. The number of rotatable bonds is 4. The quantitative estimate of drug-likeness (QED) is 0.425. The van der Waals surface area contributed by atoms with Crippen LogP contribution in [0.25, 0.3) is 0 Å². The number of nitrogens with one attached hydrogen (secondary N) is 1. The van der Waals surface area contributed by atoms with Gasteiger partial charge >= 0.3 is 0 Å². The maximum Gasteiger partial charge on any atom is 0.193 e. The number of guanidine groups is 1. The molecule has 3 N–H and O–H groups in total. The second-order valence-corrected chi connectivity index (χ2v) is 6.51. The third-order valence-electron chi connectivity index (χ3n) is 4.05. The van der Waals surface area contributed by atoms with Crippen LogP contribution in [0, 0.1) is 17.0 Å². The van der Waals surface area contributed by atoms with E-state index in [1.807, 2.05) is 13.8 Å². The molecule has 0 saturated heterocycles. The van der Waals surface area contributed by atoms with Crippen molar-refractivity contribution in [1.82, 2.24) is 0 Å². The van der Waals surface area contributed by atoms with Gasteiger partial charge in [-0.3, -0.25) is 0 Å². The van der Waals surface area contributed by atoms with Gasteiger partial charge in [0.25, 0.3) is 0 Å². The van der Waals surface area contributed by atoms with Gasteiger partial charge in [0.05, 0.1) is 23.9 Å². The lowest BCUT2D eigenvalue weighted by Crippen LogP contribution is -2.55. The molecule has 4 nitrogen and oxygen atoms in total. The summed E-state index contributed by atoms with van der Waals surface area (Å²) in [5.74, 6) is -1.04. The minimum absolute atomic E-state index is 0. The number of hydrogen-bond acceptors (Lipinski definition) is 2. The van der Waals surface area contributed by atoms with E-state index in [0.717, 1.165) is 24.6 Å². The Balaban J connectivity index is 0.00000264. The average Bonchev–Trinajstić information content (AvgIpc) is 2.41. The molecule has 1 aliphatic rings. The van der Waals surface area contributed by atoms with Crippen LogP contribution in [0.5, 0.6) is 0 Å². The zero-order chi connectivity index (χ0) is 16.5. The summed E-state index contributed by atoms with van der Waals surface area (Å²) in [6, 6.07) is 3.14. The first-order valence-electron chi connectivity index (χ1n) is 7.41. The lowest BCUT2D eigenvalue weighted by Gasteiger charge is -2.50. The van der Waals surface area contributed by atoms with Gasteiger partial charge in [-0.25, -0.2) is 13.8 Å². The first kappa shape index (κ1) is 20.1. The fourth-order valence-electron chi connectivity index (χ4n) is 2.57. The molecular weight excluding hydrogens is 415 g/mol. The molecule has 2 rings (SSSR count). The van der Waals surface area contributed by atoms with Gasteiger partial charge in [0.2, 0.25) is 0 Å². The number of aliphatic imine (C=N–C) groups is 1. The van der Waals surface area contributed by atoms with Gasteiger partial charge in [-0.1, -0.05) is 13.8 Å². The molecule has 0 bridgehead atoms. The predicted octanol–water partition coefficient (Wildman–Crippen LogP) is 3.90. The van der Waals surface area contributed by atoms with E-state index in [0.29, 0.717) is 0 Å². The fourth-order valence-corrected chi connectivity index (χ4v) is 2.57. The molecule has 2 atom stereocenters. The van der Waals surface area contributed by atoms with Crippen LogP contribution < -0.4 is 11.1 Å². The maximum absolute atomic E-state index is 13.6. The van der Waals surface area contributed by atoms with Gasteiger partial charge in [0.15, 0.2) is 5.96 Å². The van der Waals surface area contributed by atoms with Crippen LogP contribution in [-0.2, 0) is 4.74 Å². The number of nitrogens with two attached hydrogens (primary N) is 1. The second kappa shape index (κ2) is 7.74. The monoisotopic (exact) mass is 439 g/mol. The van der Waals surface area contributed by atoms with E-state index in [1.54, 1.807) is 0 Å². The van der Waals surface area contributed by atoms with Crippen molar-refractivity contribution in [2.24, 2.45) is 16.1 Å². The Kier molecular flexibility index (Phi) is 6.76. The number of anilines is 1. The average molecular weight is 439 g/mol. The van der Waals surface area contributed by atoms with E-state index in [-0.39, 0.29) is 59.3 Å². The number of nitrogens with zero attached hydrogens (tertiary/aromatic N) is 1. The van der Waals surface area contributed by atoms with Crippen molar-refractivity contribution in [3.05, 3.63) is 29.8 Å². The van der Waals surface area contributed by atoms with Gasteiger partial charge in [-0.05, 0) is 32.4 Å². The summed E-state index contributed by atoms with van der Waals surface area (Å²) in [5.41, 5.74) is 5.65. The van der Waals surface area contributed by atoms with Crippen LogP contribution in [0.4, 0.5) is 14.5 Å². The number of benzene rings is 1. The molecule has 1 aromatic rings. The van der Waals surface area contributed by atoms with Crippen molar-refractivity contribution in [1.29, 1.82) is 0 Å². The molecule has 1 aliphatic carbocycles. The third kappa shape index (κ3) is 4.76. The van der Waals surface area contributed by atoms with Crippen LogP contribution in [0.3, 0.4) is 0 Å². The summed E-state index contributed by atoms with van der Waals surface area (Å²) in [5, 5.41) is 2.62. The molecule has 23 heavy (non-hydrogen) atoms. The van der Waals surface area contributed by atoms with Crippen LogP contribution in [-0.4, -0.2) is 24.2 Å². The lowest BCUT2D eigenvalue weighted by molar-refractivity contribution is -0.129. The molecule has 0 aromatic heterocycles. The summed E-state index contributed by atoms with van der Waals surface area (Å²) in [6.07, 6.45) is 1.05. The molecule has 0 radical (unpaired) electrons. The van der Waals surface area contributed by atoms with E-state index in [4.69, 9.17) is 10.5 Å². The summed E-state index contributed by atoms with van der Waals surface area (Å²) >= 11 is 0.